The van der Waals surface area contributed by atoms with Crippen LogP contribution in [-0.2, 0) is 11.2 Å². The molecule has 0 bridgehead atoms. The highest BCUT2D eigenvalue weighted by molar-refractivity contribution is 5.78. The molecule has 0 spiro atoms. The number of hydrogen-bond acceptors (Lipinski definition) is 4. The molecular weight excluding hydrogens is 228 g/mol. The normalized spacial score (nSPS) is 18.2. The number of hydrogen-bond donors (Lipinski definition) is 1. The van der Waals surface area contributed by atoms with Crippen molar-refractivity contribution < 1.29 is 4.79 Å². The van der Waals surface area contributed by atoms with Gasteiger partial charge in [0, 0.05) is 26.1 Å². The second kappa shape index (κ2) is 5.50. The Labute approximate surface area is 106 Å². The van der Waals surface area contributed by atoms with E-state index in [0.717, 1.165) is 24.5 Å². The molecule has 2 rings (SSSR count). The maximum atomic E-state index is 11.1. The van der Waals surface area contributed by atoms with Crippen LogP contribution in [0.15, 0.2) is 18.2 Å². The van der Waals surface area contributed by atoms with E-state index in [1.165, 1.54) is 0 Å². The van der Waals surface area contributed by atoms with Crippen molar-refractivity contribution in [2.24, 2.45) is 0 Å². The Bertz CT molecular complexity index is 480. The number of nitrogens with one attached hydrogen (secondary N) is 1. The van der Waals surface area contributed by atoms with Crippen molar-refractivity contribution in [1.29, 1.82) is 5.26 Å². The summed E-state index contributed by atoms with van der Waals surface area (Å²) in [7, 11) is 1.95. The van der Waals surface area contributed by atoms with Gasteiger partial charge in [0.05, 0.1) is 18.2 Å². The van der Waals surface area contributed by atoms with Gasteiger partial charge in [0.25, 0.3) is 0 Å². The molecule has 0 radical (unpaired) electrons. The zero-order chi connectivity index (χ0) is 13.0. The summed E-state index contributed by atoms with van der Waals surface area (Å²) in [5.41, 5.74) is 0.775. The molecule has 1 saturated heterocycles. The van der Waals surface area contributed by atoms with Crippen molar-refractivity contribution in [3.8, 4) is 6.07 Å². The second-order valence-electron chi connectivity index (χ2n) is 4.51. The maximum Gasteiger partial charge on any atom is 0.220 e. The third-order valence-corrected chi connectivity index (χ3v) is 3.02. The molecule has 1 amide bonds. The van der Waals surface area contributed by atoms with Crippen LogP contribution in [0.1, 0.15) is 18.5 Å². The van der Waals surface area contributed by atoms with Gasteiger partial charge < -0.3 is 10.2 Å². The van der Waals surface area contributed by atoms with Gasteiger partial charge in [0.15, 0.2) is 0 Å². The van der Waals surface area contributed by atoms with Crippen LogP contribution in [-0.4, -0.2) is 30.5 Å². The van der Waals surface area contributed by atoms with Crippen LogP contribution >= 0.6 is 0 Å². The standard InChI is InChI=1S/C13H16N4O/c1-17(9-11-5-6-13(18)16-11)12-4-2-3-10(15-12)7-8-14/h2-4,11H,5-7,9H2,1H3,(H,16,18)/t11-/m0/s1. The molecule has 5 nitrogen and oxygen atoms in total. The van der Waals surface area contributed by atoms with Crippen LogP contribution in [0.3, 0.4) is 0 Å². The first-order valence-corrected chi connectivity index (χ1v) is 6.02. The number of carbonyl (C=O) groups excluding carboxylic acids is 1. The van der Waals surface area contributed by atoms with Crippen LogP contribution in [0, 0.1) is 11.3 Å². The molecule has 1 aliphatic heterocycles. The lowest BCUT2D eigenvalue weighted by atomic mass is 10.2. The van der Waals surface area contributed by atoms with E-state index >= 15 is 0 Å². The fraction of sp³-hybridized carbons (Fsp3) is 0.462. The minimum absolute atomic E-state index is 0.125. The molecule has 0 aliphatic carbocycles. The molecule has 1 atom stereocenters. The molecule has 2 heterocycles. The van der Waals surface area contributed by atoms with Gasteiger partial charge in [-0.2, -0.15) is 5.26 Å². The Morgan fingerprint density at radius 3 is 3.11 bits per heavy atom. The number of likely N-dealkylation sites (N-methyl/N-ethyl adjacent to an activating group) is 1. The summed E-state index contributed by atoms with van der Waals surface area (Å²) >= 11 is 0. The molecule has 5 heteroatoms. The molecule has 1 aromatic rings. The fourth-order valence-electron chi connectivity index (χ4n) is 2.10. The lowest BCUT2D eigenvalue weighted by Gasteiger charge is -2.22. The number of carbonyl (C=O) groups is 1. The summed E-state index contributed by atoms with van der Waals surface area (Å²) < 4.78 is 0. The van der Waals surface area contributed by atoms with Crippen molar-refractivity contribution in [3.63, 3.8) is 0 Å². The van der Waals surface area contributed by atoms with Crippen LogP contribution in [0.4, 0.5) is 5.82 Å². The highest BCUT2D eigenvalue weighted by atomic mass is 16.1. The van der Waals surface area contributed by atoms with E-state index < -0.39 is 0 Å². The van der Waals surface area contributed by atoms with Crippen LogP contribution in [0.2, 0.25) is 0 Å². The number of aromatic nitrogens is 1. The van der Waals surface area contributed by atoms with Gasteiger partial charge in [0.2, 0.25) is 5.91 Å². The van der Waals surface area contributed by atoms with Crippen LogP contribution < -0.4 is 10.2 Å². The van der Waals surface area contributed by atoms with Crippen molar-refractivity contribution in [2.45, 2.75) is 25.3 Å². The molecular formula is C13H16N4O. The average molecular weight is 244 g/mol. The topological polar surface area (TPSA) is 69.0 Å². The van der Waals surface area contributed by atoms with Gasteiger partial charge in [-0.3, -0.25) is 4.79 Å². The average Bonchev–Trinajstić information content (AvgIpc) is 2.75. The highest BCUT2D eigenvalue weighted by Gasteiger charge is 2.22. The number of amides is 1. The van der Waals surface area contributed by atoms with Crippen LogP contribution in [0.5, 0.6) is 0 Å². The predicted molar refractivity (Wildman–Crippen MR) is 68.0 cm³/mol. The molecule has 0 unspecified atom stereocenters. The van der Waals surface area contributed by atoms with Crippen LogP contribution in [0.25, 0.3) is 0 Å². The lowest BCUT2D eigenvalue weighted by Crippen LogP contribution is -2.37. The first-order valence-electron chi connectivity index (χ1n) is 6.02. The molecule has 1 aromatic heterocycles. The Morgan fingerprint density at radius 2 is 2.44 bits per heavy atom. The largest absolute Gasteiger partial charge is 0.358 e. The zero-order valence-electron chi connectivity index (χ0n) is 10.4. The van der Waals surface area contributed by atoms with E-state index in [-0.39, 0.29) is 11.9 Å². The molecule has 0 aromatic carbocycles. The quantitative estimate of drug-likeness (QED) is 0.853. The Hall–Kier alpha value is -2.09. The summed E-state index contributed by atoms with van der Waals surface area (Å²) in [4.78, 5) is 17.6. The van der Waals surface area contributed by atoms with E-state index in [1.807, 2.05) is 30.1 Å². The Balaban J connectivity index is 2.00. The lowest BCUT2D eigenvalue weighted by molar-refractivity contribution is -0.119. The van der Waals surface area contributed by atoms with E-state index in [9.17, 15) is 4.79 Å². The van der Waals surface area contributed by atoms with Gasteiger partial charge in [-0.05, 0) is 18.6 Å². The van der Waals surface area contributed by atoms with Gasteiger partial charge in [-0.15, -0.1) is 0 Å². The Kier molecular flexibility index (Phi) is 3.78. The third-order valence-electron chi connectivity index (χ3n) is 3.02. The number of anilines is 1. The van der Waals surface area contributed by atoms with E-state index in [2.05, 4.69) is 16.4 Å². The Morgan fingerprint density at radius 1 is 1.61 bits per heavy atom. The SMILES string of the molecule is CN(C[C@@H]1CCC(=O)N1)c1cccc(CC#N)n1. The summed E-state index contributed by atoms with van der Waals surface area (Å²) in [6, 6.07) is 7.95. The van der Waals surface area contributed by atoms with Gasteiger partial charge in [-0.25, -0.2) is 4.98 Å². The first-order chi connectivity index (χ1) is 8.69. The number of nitriles is 1. The molecule has 18 heavy (non-hydrogen) atoms. The third kappa shape index (κ3) is 2.98. The van der Waals surface area contributed by atoms with Crippen molar-refractivity contribution in [1.82, 2.24) is 10.3 Å². The number of nitrogens with zero attached hydrogens (tertiary/aromatic N) is 3. The first kappa shape index (κ1) is 12.4. The van der Waals surface area contributed by atoms with Crippen molar-refractivity contribution in [2.75, 3.05) is 18.5 Å². The highest BCUT2D eigenvalue weighted by Crippen LogP contribution is 2.14. The minimum Gasteiger partial charge on any atom is -0.358 e. The summed E-state index contributed by atoms with van der Waals surface area (Å²) in [5.74, 6) is 0.962. The van der Waals surface area contributed by atoms with E-state index in [0.29, 0.717) is 12.8 Å². The molecule has 1 fully saturated rings. The monoisotopic (exact) mass is 244 g/mol. The van der Waals surface area contributed by atoms with Crippen molar-refractivity contribution >= 4 is 11.7 Å². The summed E-state index contributed by atoms with van der Waals surface area (Å²) in [6.45, 7) is 0.745. The van der Waals surface area contributed by atoms with E-state index in [1.54, 1.807) is 0 Å². The molecule has 1 aliphatic rings. The minimum atomic E-state index is 0.125. The summed E-state index contributed by atoms with van der Waals surface area (Å²) in [5, 5.41) is 11.6. The predicted octanol–water partition coefficient (Wildman–Crippen LogP) is 0.862. The molecule has 0 saturated carbocycles. The summed E-state index contributed by atoms with van der Waals surface area (Å²) in [6.07, 6.45) is 1.81. The van der Waals surface area contributed by atoms with Crippen molar-refractivity contribution in [3.05, 3.63) is 23.9 Å². The smallest absolute Gasteiger partial charge is 0.220 e. The number of pyridine rings is 1. The fourth-order valence-corrected chi connectivity index (χ4v) is 2.10. The van der Waals surface area contributed by atoms with Gasteiger partial charge in [0.1, 0.15) is 5.82 Å². The zero-order valence-corrected chi connectivity index (χ0v) is 10.4. The van der Waals surface area contributed by atoms with E-state index in [4.69, 9.17) is 5.26 Å². The maximum absolute atomic E-state index is 11.1. The second-order valence-corrected chi connectivity index (χ2v) is 4.51. The molecule has 94 valence electrons. The number of rotatable bonds is 4. The van der Waals surface area contributed by atoms with Gasteiger partial charge >= 0.3 is 0 Å². The van der Waals surface area contributed by atoms with Gasteiger partial charge in [-0.1, -0.05) is 6.07 Å². The molecule has 1 N–H and O–H groups in total.